The van der Waals surface area contributed by atoms with Crippen molar-refractivity contribution in [3.8, 4) is 0 Å². The van der Waals surface area contributed by atoms with Crippen molar-refractivity contribution < 1.29 is 5.11 Å². The summed E-state index contributed by atoms with van der Waals surface area (Å²) in [5.41, 5.74) is 0.662. The molecule has 0 aliphatic rings. The molecule has 1 unspecified atom stereocenters. The van der Waals surface area contributed by atoms with Gasteiger partial charge in [0, 0.05) is 10.4 Å². The van der Waals surface area contributed by atoms with E-state index in [1.165, 1.54) is 0 Å². The van der Waals surface area contributed by atoms with E-state index in [1.807, 2.05) is 42.5 Å². The van der Waals surface area contributed by atoms with Gasteiger partial charge in [-0.3, -0.25) is 0 Å². The number of alkyl halides is 1. The van der Waals surface area contributed by atoms with Gasteiger partial charge in [-0.1, -0.05) is 70.0 Å². The molecule has 1 atom stereocenters. The van der Waals surface area contributed by atoms with E-state index in [4.69, 9.17) is 11.6 Å². The van der Waals surface area contributed by atoms with Gasteiger partial charge >= 0.3 is 0 Å². The summed E-state index contributed by atoms with van der Waals surface area (Å²) in [7, 11) is 0. The predicted molar refractivity (Wildman–Crippen MR) is 74.7 cm³/mol. The van der Waals surface area contributed by atoms with Gasteiger partial charge in [0.05, 0.1) is 0 Å². The van der Waals surface area contributed by atoms with Crippen LogP contribution in [0.4, 0.5) is 0 Å². The number of halogens is 2. The summed E-state index contributed by atoms with van der Waals surface area (Å²) in [5, 5.41) is 11.9. The van der Waals surface area contributed by atoms with Gasteiger partial charge in [-0.2, -0.15) is 0 Å². The van der Waals surface area contributed by atoms with Crippen molar-refractivity contribution in [1.82, 2.24) is 0 Å². The maximum atomic E-state index is 10.8. The molecule has 0 aromatic heterocycles. The molecule has 0 heterocycles. The second-order valence-electron chi connectivity index (χ2n) is 3.87. The molecule has 2 rings (SSSR count). The Labute approximate surface area is 114 Å². The van der Waals surface area contributed by atoms with E-state index >= 15 is 0 Å². The van der Waals surface area contributed by atoms with Gasteiger partial charge in [0.15, 0.2) is 0 Å². The van der Waals surface area contributed by atoms with Crippen molar-refractivity contribution in [3.63, 3.8) is 0 Å². The zero-order valence-corrected chi connectivity index (χ0v) is 11.4. The van der Waals surface area contributed by atoms with Crippen LogP contribution in [0.1, 0.15) is 11.1 Å². The number of rotatable bonds is 3. The molecule has 0 saturated heterocycles. The van der Waals surface area contributed by atoms with Gasteiger partial charge in [0.2, 0.25) is 0 Å². The van der Waals surface area contributed by atoms with E-state index in [0.29, 0.717) is 10.4 Å². The third-order valence-electron chi connectivity index (χ3n) is 2.77. The largest absolute Gasteiger partial charge is 0.380 e. The van der Waals surface area contributed by atoms with Gasteiger partial charge in [0.25, 0.3) is 0 Å². The Morgan fingerprint density at radius 3 is 2.00 bits per heavy atom. The van der Waals surface area contributed by atoms with Crippen molar-refractivity contribution in [1.29, 1.82) is 0 Å². The number of hydrogen-bond acceptors (Lipinski definition) is 1. The van der Waals surface area contributed by atoms with Gasteiger partial charge in [-0.25, -0.2) is 0 Å². The first-order valence-electron chi connectivity index (χ1n) is 5.27. The summed E-state index contributed by atoms with van der Waals surface area (Å²) in [6.45, 7) is 0. The van der Waals surface area contributed by atoms with Crippen LogP contribution in [0.3, 0.4) is 0 Å². The first-order chi connectivity index (χ1) is 8.16. The molecule has 1 nitrogen and oxygen atoms in total. The molecule has 0 bridgehead atoms. The lowest BCUT2D eigenvalue weighted by Gasteiger charge is -2.27. The number of aliphatic hydroxyl groups is 1. The van der Waals surface area contributed by atoms with Crippen molar-refractivity contribution in [2.24, 2.45) is 0 Å². The molecule has 1 N–H and O–H groups in total. The zero-order chi connectivity index (χ0) is 12.3. The highest BCUT2D eigenvalue weighted by atomic mass is 79.9. The van der Waals surface area contributed by atoms with Gasteiger partial charge in [-0.15, -0.1) is 0 Å². The fourth-order valence-electron chi connectivity index (χ4n) is 1.76. The Morgan fingerprint density at radius 2 is 1.47 bits per heavy atom. The van der Waals surface area contributed by atoms with E-state index in [9.17, 15) is 5.11 Å². The van der Waals surface area contributed by atoms with Gasteiger partial charge in [0.1, 0.15) is 5.60 Å². The second kappa shape index (κ2) is 5.21. The third-order valence-corrected chi connectivity index (χ3v) is 3.83. The lowest BCUT2D eigenvalue weighted by molar-refractivity contribution is 0.109. The van der Waals surface area contributed by atoms with E-state index in [1.54, 1.807) is 12.1 Å². The highest BCUT2D eigenvalue weighted by molar-refractivity contribution is 9.09. The Bertz CT molecular complexity index is 483. The average Bonchev–Trinajstić information content (AvgIpc) is 2.40. The first kappa shape index (κ1) is 12.6. The molecule has 2 aromatic rings. The first-order valence-corrected chi connectivity index (χ1v) is 6.76. The van der Waals surface area contributed by atoms with Crippen LogP contribution in [-0.4, -0.2) is 10.4 Å². The molecule has 0 spiro atoms. The average molecular weight is 312 g/mol. The molecule has 0 amide bonds. The Morgan fingerprint density at radius 1 is 0.941 bits per heavy atom. The minimum Gasteiger partial charge on any atom is -0.380 e. The van der Waals surface area contributed by atoms with E-state index < -0.39 is 5.60 Å². The molecule has 0 fully saturated rings. The van der Waals surface area contributed by atoms with Gasteiger partial charge < -0.3 is 5.11 Å². The van der Waals surface area contributed by atoms with Crippen LogP contribution in [0.15, 0.2) is 54.6 Å². The Hall–Kier alpha value is -0.830. The van der Waals surface area contributed by atoms with Crippen LogP contribution in [0.25, 0.3) is 0 Å². The van der Waals surface area contributed by atoms with Crippen LogP contribution in [0, 0.1) is 0 Å². The summed E-state index contributed by atoms with van der Waals surface area (Å²) >= 11 is 9.24. The molecular formula is C14H12BrClO. The summed E-state index contributed by atoms with van der Waals surface area (Å²) in [4.78, 5) is 0. The fraction of sp³-hybridized carbons (Fsp3) is 0.143. The topological polar surface area (TPSA) is 20.2 Å². The number of hydrogen-bond donors (Lipinski definition) is 1. The minimum atomic E-state index is -1.02. The standard InChI is InChI=1S/C14H12BrClO/c15-10-14(17,11-4-2-1-3-5-11)12-6-8-13(16)9-7-12/h1-9,17H,10H2. The SMILES string of the molecule is OC(CBr)(c1ccccc1)c1ccc(Cl)cc1. The molecule has 0 aliphatic heterocycles. The molecule has 0 aliphatic carbocycles. The van der Waals surface area contributed by atoms with Crippen LogP contribution in [0.5, 0.6) is 0 Å². The Kier molecular flexibility index (Phi) is 3.87. The smallest absolute Gasteiger partial charge is 0.124 e. The molecule has 0 radical (unpaired) electrons. The van der Waals surface area contributed by atoms with Crippen molar-refractivity contribution in [2.45, 2.75) is 5.60 Å². The maximum Gasteiger partial charge on any atom is 0.124 e. The van der Waals surface area contributed by atoms with Crippen molar-refractivity contribution in [3.05, 3.63) is 70.7 Å². The van der Waals surface area contributed by atoms with Crippen LogP contribution in [0.2, 0.25) is 5.02 Å². The molecule has 88 valence electrons. The maximum absolute atomic E-state index is 10.8. The highest BCUT2D eigenvalue weighted by Gasteiger charge is 2.29. The van der Waals surface area contributed by atoms with Crippen LogP contribution < -0.4 is 0 Å². The molecule has 17 heavy (non-hydrogen) atoms. The van der Waals surface area contributed by atoms with Crippen molar-refractivity contribution in [2.75, 3.05) is 5.33 Å². The fourth-order valence-corrected chi connectivity index (χ4v) is 2.53. The van der Waals surface area contributed by atoms with E-state index in [0.717, 1.165) is 11.1 Å². The van der Waals surface area contributed by atoms with Gasteiger partial charge in [-0.05, 0) is 23.3 Å². The zero-order valence-electron chi connectivity index (χ0n) is 9.11. The predicted octanol–water partition coefficient (Wildman–Crippen LogP) is 3.97. The normalized spacial score (nSPS) is 14.3. The molecule has 0 saturated carbocycles. The monoisotopic (exact) mass is 310 g/mol. The Balaban J connectivity index is 2.48. The minimum absolute atomic E-state index is 0.436. The molecular weight excluding hydrogens is 300 g/mol. The molecule has 3 heteroatoms. The quantitative estimate of drug-likeness (QED) is 0.850. The summed E-state index contributed by atoms with van der Waals surface area (Å²) in [6.07, 6.45) is 0. The highest BCUT2D eigenvalue weighted by Crippen LogP contribution is 2.31. The molecule has 2 aromatic carbocycles. The summed E-state index contributed by atoms with van der Waals surface area (Å²) < 4.78 is 0. The summed E-state index contributed by atoms with van der Waals surface area (Å²) in [5.74, 6) is 0. The number of benzene rings is 2. The second-order valence-corrected chi connectivity index (χ2v) is 4.86. The van der Waals surface area contributed by atoms with Crippen molar-refractivity contribution >= 4 is 27.5 Å². The lowest BCUT2D eigenvalue weighted by atomic mass is 9.88. The third kappa shape index (κ3) is 2.54. The van der Waals surface area contributed by atoms with E-state index in [-0.39, 0.29) is 0 Å². The van der Waals surface area contributed by atoms with Crippen LogP contribution in [-0.2, 0) is 5.60 Å². The lowest BCUT2D eigenvalue weighted by Crippen LogP contribution is -2.28. The summed E-state index contributed by atoms with van der Waals surface area (Å²) in [6, 6.07) is 16.8. The van der Waals surface area contributed by atoms with Crippen LogP contribution >= 0.6 is 27.5 Å². The van der Waals surface area contributed by atoms with E-state index in [2.05, 4.69) is 15.9 Å².